The quantitative estimate of drug-likeness (QED) is 0.438. The standard InChI is InChI=1S/C13H17ClN2O4/c14-10-6-5-7-11(16(19)20)12(10)13(18)15-8-3-1-2-4-9-17/h5-7,17H,1-4,8-9H2,(H,15,18). The average molecular weight is 301 g/mol. The SMILES string of the molecule is O=C(NCCCCCCO)c1c(Cl)cccc1[N+](=O)[O-]. The molecule has 1 rings (SSSR count). The highest BCUT2D eigenvalue weighted by Crippen LogP contribution is 2.25. The van der Waals surface area contributed by atoms with Gasteiger partial charge in [-0.05, 0) is 18.9 Å². The Hall–Kier alpha value is -1.66. The first kappa shape index (κ1) is 16.4. The minimum Gasteiger partial charge on any atom is -0.396 e. The van der Waals surface area contributed by atoms with E-state index in [2.05, 4.69) is 5.32 Å². The second kappa shape index (κ2) is 8.50. The lowest BCUT2D eigenvalue weighted by atomic mass is 10.1. The Morgan fingerprint density at radius 2 is 2.00 bits per heavy atom. The molecule has 110 valence electrons. The van der Waals surface area contributed by atoms with Crippen LogP contribution in [-0.4, -0.2) is 29.1 Å². The molecule has 0 bridgehead atoms. The van der Waals surface area contributed by atoms with Crippen LogP contribution in [0.2, 0.25) is 5.02 Å². The fourth-order valence-corrected chi connectivity index (χ4v) is 2.03. The van der Waals surface area contributed by atoms with E-state index < -0.39 is 10.8 Å². The van der Waals surface area contributed by atoms with Crippen LogP contribution in [0, 0.1) is 10.1 Å². The molecule has 7 heteroatoms. The topological polar surface area (TPSA) is 92.5 Å². The molecule has 0 aliphatic heterocycles. The number of unbranched alkanes of at least 4 members (excludes halogenated alkanes) is 3. The van der Waals surface area contributed by atoms with Gasteiger partial charge in [0.05, 0.1) is 9.95 Å². The number of nitro benzene ring substituents is 1. The van der Waals surface area contributed by atoms with Crippen LogP contribution in [0.1, 0.15) is 36.0 Å². The number of benzene rings is 1. The first-order valence-electron chi connectivity index (χ1n) is 6.40. The molecular weight excluding hydrogens is 284 g/mol. The number of nitrogens with one attached hydrogen (secondary N) is 1. The Bertz CT molecular complexity index is 479. The van der Waals surface area contributed by atoms with Gasteiger partial charge in [0, 0.05) is 19.2 Å². The zero-order chi connectivity index (χ0) is 15.0. The molecule has 0 saturated heterocycles. The third-order valence-corrected chi connectivity index (χ3v) is 3.10. The van der Waals surface area contributed by atoms with Crippen LogP contribution < -0.4 is 5.32 Å². The van der Waals surface area contributed by atoms with Crippen LogP contribution in [0.25, 0.3) is 0 Å². The molecule has 0 unspecified atom stereocenters. The number of halogens is 1. The third-order valence-electron chi connectivity index (χ3n) is 2.79. The second-order valence-corrected chi connectivity index (χ2v) is 4.69. The molecular formula is C13H17ClN2O4. The molecule has 0 aliphatic carbocycles. The predicted octanol–water partition coefficient (Wildman–Crippen LogP) is 2.53. The van der Waals surface area contributed by atoms with Gasteiger partial charge in [-0.2, -0.15) is 0 Å². The lowest BCUT2D eigenvalue weighted by Crippen LogP contribution is -2.25. The molecule has 1 amide bonds. The molecule has 6 nitrogen and oxygen atoms in total. The normalized spacial score (nSPS) is 10.3. The predicted molar refractivity (Wildman–Crippen MR) is 76.0 cm³/mol. The Labute approximate surface area is 121 Å². The smallest absolute Gasteiger partial charge is 0.283 e. The second-order valence-electron chi connectivity index (χ2n) is 4.28. The van der Waals surface area contributed by atoms with Gasteiger partial charge in [-0.25, -0.2) is 0 Å². The van der Waals surface area contributed by atoms with Crippen molar-refractivity contribution >= 4 is 23.2 Å². The van der Waals surface area contributed by atoms with Gasteiger partial charge in [0.2, 0.25) is 0 Å². The summed E-state index contributed by atoms with van der Waals surface area (Å²) in [5.41, 5.74) is -0.398. The number of nitro groups is 1. The van der Waals surface area contributed by atoms with Crippen LogP contribution in [-0.2, 0) is 0 Å². The van der Waals surface area contributed by atoms with Crippen molar-refractivity contribution in [2.75, 3.05) is 13.2 Å². The zero-order valence-electron chi connectivity index (χ0n) is 11.0. The number of aliphatic hydroxyl groups excluding tert-OH is 1. The van der Waals surface area contributed by atoms with Gasteiger partial charge in [0.25, 0.3) is 11.6 Å². The van der Waals surface area contributed by atoms with E-state index in [9.17, 15) is 14.9 Å². The number of hydrogen-bond donors (Lipinski definition) is 2. The number of rotatable bonds is 8. The molecule has 20 heavy (non-hydrogen) atoms. The van der Waals surface area contributed by atoms with Crippen molar-refractivity contribution < 1.29 is 14.8 Å². The van der Waals surface area contributed by atoms with Gasteiger partial charge in [-0.1, -0.05) is 30.5 Å². The monoisotopic (exact) mass is 300 g/mol. The van der Waals surface area contributed by atoms with Crippen molar-refractivity contribution in [3.8, 4) is 0 Å². The molecule has 1 aromatic carbocycles. The van der Waals surface area contributed by atoms with E-state index in [0.717, 1.165) is 25.7 Å². The fraction of sp³-hybridized carbons (Fsp3) is 0.462. The summed E-state index contributed by atoms with van der Waals surface area (Å²) in [4.78, 5) is 22.2. The lowest BCUT2D eigenvalue weighted by molar-refractivity contribution is -0.385. The summed E-state index contributed by atoms with van der Waals surface area (Å²) in [6.45, 7) is 0.588. The maximum Gasteiger partial charge on any atom is 0.283 e. The maximum atomic E-state index is 11.9. The van der Waals surface area contributed by atoms with Crippen molar-refractivity contribution in [2.45, 2.75) is 25.7 Å². The number of aliphatic hydroxyl groups is 1. The van der Waals surface area contributed by atoms with E-state index in [1.165, 1.54) is 18.2 Å². The van der Waals surface area contributed by atoms with Crippen molar-refractivity contribution in [2.24, 2.45) is 0 Å². The lowest BCUT2D eigenvalue weighted by Gasteiger charge is -2.07. The summed E-state index contributed by atoms with van der Waals surface area (Å²) >= 11 is 5.86. The minimum absolute atomic E-state index is 0.0666. The Morgan fingerprint density at radius 3 is 2.65 bits per heavy atom. The molecule has 0 spiro atoms. The average Bonchev–Trinajstić information content (AvgIpc) is 2.42. The first-order valence-corrected chi connectivity index (χ1v) is 6.77. The van der Waals surface area contributed by atoms with Crippen LogP contribution in [0.3, 0.4) is 0 Å². The summed E-state index contributed by atoms with van der Waals surface area (Å²) in [6.07, 6.45) is 3.26. The molecule has 0 heterocycles. The number of nitrogens with zero attached hydrogens (tertiary/aromatic N) is 1. The number of hydrogen-bond acceptors (Lipinski definition) is 4. The summed E-state index contributed by atoms with van der Waals surface area (Å²) in [6, 6.07) is 4.14. The van der Waals surface area contributed by atoms with E-state index in [-0.39, 0.29) is 22.9 Å². The largest absolute Gasteiger partial charge is 0.396 e. The Balaban J connectivity index is 2.57. The molecule has 0 atom stereocenters. The van der Waals surface area contributed by atoms with Gasteiger partial charge >= 0.3 is 0 Å². The van der Waals surface area contributed by atoms with Crippen molar-refractivity contribution in [1.29, 1.82) is 0 Å². The van der Waals surface area contributed by atoms with Gasteiger partial charge in [-0.3, -0.25) is 14.9 Å². The molecule has 2 N–H and O–H groups in total. The van der Waals surface area contributed by atoms with E-state index in [1.54, 1.807) is 0 Å². The fourth-order valence-electron chi connectivity index (χ4n) is 1.77. The van der Waals surface area contributed by atoms with Crippen molar-refractivity contribution in [3.05, 3.63) is 38.9 Å². The van der Waals surface area contributed by atoms with Gasteiger partial charge in [0.15, 0.2) is 0 Å². The van der Waals surface area contributed by atoms with E-state index >= 15 is 0 Å². The van der Waals surface area contributed by atoms with Gasteiger partial charge < -0.3 is 10.4 Å². The van der Waals surface area contributed by atoms with Gasteiger partial charge in [0.1, 0.15) is 5.56 Å². The zero-order valence-corrected chi connectivity index (χ0v) is 11.7. The molecule has 0 aliphatic rings. The van der Waals surface area contributed by atoms with Crippen LogP contribution in [0.5, 0.6) is 0 Å². The highest BCUT2D eigenvalue weighted by Gasteiger charge is 2.22. The highest BCUT2D eigenvalue weighted by molar-refractivity contribution is 6.34. The molecule has 0 fully saturated rings. The van der Waals surface area contributed by atoms with Crippen LogP contribution in [0.15, 0.2) is 18.2 Å². The van der Waals surface area contributed by atoms with Crippen molar-refractivity contribution in [1.82, 2.24) is 5.32 Å². The summed E-state index contributed by atoms with van der Waals surface area (Å²) in [7, 11) is 0. The number of carbonyl (C=O) groups is 1. The highest BCUT2D eigenvalue weighted by atomic mass is 35.5. The molecule has 0 aromatic heterocycles. The molecule has 0 saturated carbocycles. The molecule has 1 aromatic rings. The Kier molecular flexibility index (Phi) is 6.97. The van der Waals surface area contributed by atoms with E-state index in [1.807, 2.05) is 0 Å². The third kappa shape index (κ3) is 4.79. The first-order chi connectivity index (χ1) is 9.57. The van der Waals surface area contributed by atoms with E-state index in [0.29, 0.717) is 6.54 Å². The number of amides is 1. The van der Waals surface area contributed by atoms with Gasteiger partial charge in [-0.15, -0.1) is 0 Å². The summed E-state index contributed by atoms with van der Waals surface area (Å²) < 4.78 is 0. The van der Waals surface area contributed by atoms with Crippen LogP contribution in [0.4, 0.5) is 5.69 Å². The number of carbonyl (C=O) groups excluding carboxylic acids is 1. The maximum absolute atomic E-state index is 11.9. The van der Waals surface area contributed by atoms with Crippen LogP contribution >= 0.6 is 11.6 Å². The summed E-state index contributed by atoms with van der Waals surface area (Å²) in [5, 5.41) is 22.2. The molecule has 0 radical (unpaired) electrons. The van der Waals surface area contributed by atoms with Crippen molar-refractivity contribution in [3.63, 3.8) is 0 Å². The minimum atomic E-state index is -0.623. The summed E-state index contributed by atoms with van der Waals surface area (Å²) in [5.74, 6) is -0.538. The van der Waals surface area contributed by atoms with E-state index in [4.69, 9.17) is 16.7 Å². The Morgan fingerprint density at radius 1 is 1.30 bits per heavy atom.